The van der Waals surface area contributed by atoms with Crippen molar-refractivity contribution in [2.75, 3.05) is 13.2 Å². The maximum absolute atomic E-state index is 11.7. The lowest BCUT2D eigenvalue weighted by molar-refractivity contribution is 0.0526. The summed E-state index contributed by atoms with van der Waals surface area (Å²) in [6.07, 6.45) is 7.61. The van der Waals surface area contributed by atoms with Gasteiger partial charge in [-0.3, -0.25) is 0 Å². The molecule has 0 fully saturated rings. The number of carbonyl (C=O) groups excluding carboxylic acids is 1. The number of rotatable bonds is 11. The fourth-order valence-corrected chi connectivity index (χ4v) is 2.83. The molecular formula is C23H30O3. The number of benzene rings is 2. The van der Waals surface area contributed by atoms with E-state index in [4.69, 9.17) is 9.47 Å². The largest absolute Gasteiger partial charge is 0.494 e. The van der Waals surface area contributed by atoms with Gasteiger partial charge >= 0.3 is 5.97 Å². The molecule has 2 aromatic rings. The van der Waals surface area contributed by atoms with Gasteiger partial charge in [0.15, 0.2) is 0 Å². The van der Waals surface area contributed by atoms with Gasteiger partial charge in [-0.15, -0.1) is 0 Å². The van der Waals surface area contributed by atoms with Crippen LogP contribution in [0, 0.1) is 0 Å². The van der Waals surface area contributed by atoms with Gasteiger partial charge in [-0.1, -0.05) is 63.3 Å². The molecule has 2 rings (SSSR count). The Morgan fingerprint density at radius 1 is 0.769 bits per heavy atom. The predicted octanol–water partition coefficient (Wildman–Crippen LogP) is 6.27. The van der Waals surface area contributed by atoms with Crippen molar-refractivity contribution >= 4 is 5.97 Å². The van der Waals surface area contributed by atoms with Gasteiger partial charge in [0.05, 0.1) is 18.8 Å². The van der Waals surface area contributed by atoms with Crippen molar-refractivity contribution < 1.29 is 14.3 Å². The van der Waals surface area contributed by atoms with Crippen molar-refractivity contribution in [3.05, 3.63) is 54.1 Å². The molecule has 3 heteroatoms. The van der Waals surface area contributed by atoms with Crippen LogP contribution in [0.2, 0.25) is 0 Å². The molecule has 2 aromatic carbocycles. The van der Waals surface area contributed by atoms with Gasteiger partial charge in [0.2, 0.25) is 0 Å². The smallest absolute Gasteiger partial charge is 0.338 e. The van der Waals surface area contributed by atoms with Crippen molar-refractivity contribution in [1.29, 1.82) is 0 Å². The number of carbonyl (C=O) groups is 1. The van der Waals surface area contributed by atoms with Gasteiger partial charge in [-0.25, -0.2) is 4.79 Å². The zero-order valence-corrected chi connectivity index (χ0v) is 16.0. The Morgan fingerprint density at radius 2 is 1.35 bits per heavy atom. The Kier molecular flexibility index (Phi) is 8.74. The molecule has 0 bridgehead atoms. The van der Waals surface area contributed by atoms with Crippen LogP contribution < -0.4 is 4.74 Å². The molecule has 0 atom stereocenters. The van der Waals surface area contributed by atoms with Gasteiger partial charge in [-0.2, -0.15) is 0 Å². The Bertz CT molecular complexity index is 644. The summed E-state index contributed by atoms with van der Waals surface area (Å²) in [6, 6.07) is 15.6. The van der Waals surface area contributed by atoms with Crippen LogP contribution >= 0.6 is 0 Å². The number of hydrogen-bond acceptors (Lipinski definition) is 3. The first kappa shape index (κ1) is 20.0. The third-order valence-corrected chi connectivity index (χ3v) is 4.35. The monoisotopic (exact) mass is 354 g/mol. The average molecular weight is 354 g/mol. The maximum atomic E-state index is 11.7. The summed E-state index contributed by atoms with van der Waals surface area (Å²) in [7, 11) is 0. The third kappa shape index (κ3) is 6.55. The topological polar surface area (TPSA) is 35.5 Å². The zero-order valence-electron chi connectivity index (χ0n) is 16.0. The molecule has 0 aliphatic rings. The van der Waals surface area contributed by atoms with E-state index in [2.05, 4.69) is 19.1 Å². The van der Waals surface area contributed by atoms with Crippen molar-refractivity contribution in [2.24, 2.45) is 0 Å². The van der Waals surface area contributed by atoms with Crippen LogP contribution in [0.1, 0.15) is 62.7 Å². The second-order valence-electron chi connectivity index (χ2n) is 6.44. The number of unbranched alkanes of at least 4 members (excludes halogenated alkanes) is 5. The standard InChI is InChI=1S/C23H30O3/c1-3-5-6-7-8-9-18-26-22-16-14-20(15-17-22)19-10-12-21(13-11-19)23(24)25-4-2/h10-17H,3-9,18H2,1-2H3. The second-order valence-corrected chi connectivity index (χ2v) is 6.44. The minimum Gasteiger partial charge on any atom is -0.494 e. The Hall–Kier alpha value is -2.29. The molecule has 0 heterocycles. The molecule has 0 aromatic heterocycles. The molecule has 0 aliphatic carbocycles. The van der Waals surface area contributed by atoms with Gasteiger partial charge in [0, 0.05) is 0 Å². The van der Waals surface area contributed by atoms with Crippen LogP contribution in [-0.4, -0.2) is 19.2 Å². The van der Waals surface area contributed by atoms with Crippen LogP contribution in [0.5, 0.6) is 5.75 Å². The van der Waals surface area contributed by atoms with Crippen LogP contribution in [0.25, 0.3) is 11.1 Å². The molecule has 0 aliphatic heterocycles. The Labute approximate surface area is 157 Å². The second kappa shape index (κ2) is 11.3. The van der Waals surface area contributed by atoms with Gasteiger partial charge in [0.25, 0.3) is 0 Å². The third-order valence-electron chi connectivity index (χ3n) is 4.35. The highest BCUT2D eigenvalue weighted by molar-refractivity contribution is 5.90. The van der Waals surface area contributed by atoms with E-state index in [1.807, 2.05) is 31.2 Å². The number of ether oxygens (including phenoxy) is 2. The normalized spacial score (nSPS) is 10.5. The lowest BCUT2D eigenvalue weighted by atomic mass is 10.0. The molecule has 3 nitrogen and oxygen atoms in total. The summed E-state index contributed by atoms with van der Waals surface area (Å²) in [5, 5.41) is 0. The van der Waals surface area contributed by atoms with Gasteiger partial charge < -0.3 is 9.47 Å². The van der Waals surface area contributed by atoms with Crippen LogP contribution in [0.3, 0.4) is 0 Å². The first-order valence-electron chi connectivity index (χ1n) is 9.75. The predicted molar refractivity (Wildman–Crippen MR) is 107 cm³/mol. The fourth-order valence-electron chi connectivity index (χ4n) is 2.83. The molecule has 0 unspecified atom stereocenters. The van der Waals surface area contributed by atoms with E-state index in [9.17, 15) is 4.79 Å². The summed E-state index contributed by atoms with van der Waals surface area (Å²) < 4.78 is 10.8. The molecule has 0 saturated carbocycles. The molecule has 0 radical (unpaired) electrons. The van der Waals surface area contributed by atoms with Crippen molar-refractivity contribution in [3.63, 3.8) is 0 Å². The van der Waals surface area contributed by atoms with Crippen molar-refractivity contribution in [1.82, 2.24) is 0 Å². The number of hydrogen-bond donors (Lipinski definition) is 0. The molecule has 0 spiro atoms. The van der Waals surface area contributed by atoms with Crippen LogP contribution in [0.4, 0.5) is 0 Å². The van der Waals surface area contributed by atoms with Crippen LogP contribution in [-0.2, 0) is 4.74 Å². The van der Waals surface area contributed by atoms with E-state index < -0.39 is 0 Å². The fraction of sp³-hybridized carbons (Fsp3) is 0.435. The summed E-state index contributed by atoms with van der Waals surface area (Å²) in [6.45, 7) is 5.21. The van der Waals surface area contributed by atoms with Crippen molar-refractivity contribution in [3.8, 4) is 16.9 Å². The molecule has 0 N–H and O–H groups in total. The highest BCUT2D eigenvalue weighted by Gasteiger charge is 2.06. The quantitative estimate of drug-likeness (QED) is 0.352. The van der Waals surface area contributed by atoms with Gasteiger partial charge in [0.1, 0.15) is 5.75 Å². The van der Waals surface area contributed by atoms with E-state index in [1.54, 1.807) is 12.1 Å². The molecule has 0 amide bonds. The summed E-state index contributed by atoms with van der Waals surface area (Å²) in [4.78, 5) is 11.7. The minimum atomic E-state index is -0.280. The van der Waals surface area contributed by atoms with Gasteiger partial charge in [-0.05, 0) is 48.7 Å². The molecule has 0 saturated heterocycles. The zero-order chi connectivity index (χ0) is 18.6. The summed E-state index contributed by atoms with van der Waals surface area (Å²) >= 11 is 0. The van der Waals surface area contributed by atoms with Crippen molar-refractivity contribution in [2.45, 2.75) is 52.4 Å². The van der Waals surface area contributed by atoms with E-state index in [0.29, 0.717) is 12.2 Å². The lowest BCUT2D eigenvalue weighted by Crippen LogP contribution is -2.03. The van der Waals surface area contributed by atoms with E-state index in [-0.39, 0.29) is 5.97 Å². The van der Waals surface area contributed by atoms with E-state index in [1.165, 1.54) is 32.1 Å². The molecule has 26 heavy (non-hydrogen) atoms. The van der Waals surface area contributed by atoms with Crippen LogP contribution in [0.15, 0.2) is 48.5 Å². The summed E-state index contributed by atoms with van der Waals surface area (Å²) in [5.41, 5.74) is 2.75. The first-order chi connectivity index (χ1) is 12.7. The van der Waals surface area contributed by atoms with E-state index in [0.717, 1.165) is 29.9 Å². The average Bonchev–Trinajstić information content (AvgIpc) is 2.68. The Morgan fingerprint density at radius 3 is 1.96 bits per heavy atom. The highest BCUT2D eigenvalue weighted by Crippen LogP contribution is 2.23. The first-order valence-corrected chi connectivity index (χ1v) is 9.75. The maximum Gasteiger partial charge on any atom is 0.338 e. The molecule has 140 valence electrons. The summed E-state index contributed by atoms with van der Waals surface area (Å²) in [5.74, 6) is 0.628. The molecular weight excluding hydrogens is 324 g/mol. The number of esters is 1. The van der Waals surface area contributed by atoms with E-state index >= 15 is 0 Å². The highest BCUT2D eigenvalue weighted by atomic mass is 16.5. The lowest BCUT2D eigenvalue weighted by Gasteiger charge is -2.08. The SMILES string of the molecule is CCCCCCCCOc1ccc(-c2ccc(C(=O)OCC)cc2)cc1. The Balaban J connectivity index is 1.80. The minimum absolute atomic E-state index is 0.280.